The second-order valence-electron chi connectivity index (χ2n) is 4.90. The largest absolute Gasteiger partial charge is 0.268 e. The molecular weight excluding hydrogens is 336 g/mol. The van der Waals surface area contributed by atoms with Crippen LogP contribution in [0, 0.1) is 0 Å². The van der Waals surface area contributed by atoms with Gasteiger partial charge < -0.3 is 0 Å². The van der Waals surface area contributed by atoms with Crippen LogP contribution < -0.4 is 4.72 Å². The van der Waals surface area contributed by atoms with Gasteiger partial charge in [0.05, 0.1) is 16.5 Å². The highest BCUT2D eigenvalue weighted by atomic mass is 35.5. The van der Waals surface area contributed by atoms with Crippen molar-refractivity contribution < 1.29 is 13.2 Å². The van der Waals surface area contributed by atoms with E-state index in [1.54, 1.807) is 18.2 Å². The average molecular weight is 353 g/mol. The number of pyridine rings is 1. The number of halogens is 1. The molecule has 0 spiro atoms. The zero-order chi connectivity index (χ0) is 17.0. The van der Waals surface area contributed by atoms with Gasteiger partial charge in [-0.2, -0.15) is 0 Å². The Morgan fingerprint density at radius 1 is 1.22 bits per heavy atom. The molecule has 0 atom stereocenters. The minimum atomic E-state index is -3.61. The van der Waals surface area contributed by atoms with E-state index in [0.717, 1.165) is 12.1 Å². The Bertz CT molecular complexity index is 835. The number of amides is 1. The zero-order valence-electron chi connectivity index (χ0n) is 12.8. The summed E-state index contributed by atoms with van der Waals surface area (Å²) >= 11 is 6.20. The van der Waals surface area contributed by atoms with Crippen molar-refractivity contribution in [2.45, 2.75) is 20.3 Å². The molecule has 7 heteroatoms. The number of nitrogens with zero attached hydrogens (tertiary/aromatic N) is 1. The highest BCUT2D eigenvalue weighted by Gasteiger charge is 2.16. The average Bonchev–Trinajstić information content (AvgIpc) is 2.54. The molecule has 1 aromatic heterocycles. The third-order valence-electron chi connectivity index (χ3n) is 3.30. The van der Waals surface area contributed by atoms with Crippen molar-refractivity contribution in [3.8, 4) is 11.3 Å². The maximum Gasteiger partial charge on any atom is 0.264 e. The Morgan fingerprint density at radius 2 is 1.96 bits per heavy atom. The van der Waals surface area contributed by atoms with Crippen LogP contribution in [0.4, 0.5) is 0 Å². The third kappa shape index (κ3) is 4.30. The van der Waals surface area contributed by atoms with Crippen molar-refractivity contribution in [1.29, 1.82) is 0 Å². The smallest absolute Gasteiger partial charge is 0.264 e. The van der Waals surface area contributed by atoms with E-state index in [2.05, 4.69) is 4.98 Å². The molecular formula is C16H17ClN2O3S. The monoisotopic (exact) mass is 352 g/mol. The molecule has 1 N–H and O–H groups in total. The van der Waals surface area contributed by atoms with Gasteiger partial charge in [-0.25, -0.2) is 13.1 Å². The first kappa shape index (κ1) is 17.4. The van der Waals surface area contributed by atoms with Gasteiger partial charge in [0, 0.05) is 16.8 Å². The molecule has 1 amide bonds. The minimum absolute atomic E-state index is 0.167. The molecule has 122 valence electrons. The maximum atomic E-state index is 12.1. The summed E-state index contributed by atoms with van der Waals surface area (Å²) in [5.74, 6) is -0.851. The Labute approximate surface area is 140 Å². The van der Waals surface area contributed by atoms with E-state index in [1.165, 1.54) is 13.0 Å². The zero-order valence-corrected chi connectivity index (χ0v) is 14.4. The first-order valence-electron chi connectivity index (χ1n) is 7.17. The van der Waals surface area contributed by atoms with Crippen LogP contribution in [0.15, 0.2) is 36.4 Å². The normalized spacial score (nSPS) is 11.3. The number of carbonyl (C=O) groups is 1. The van der Waals surface area contributed by atoms with Crippen LogP contribution in [-0.2, 0) is 16.4 Å². The molecule has 0 unspecified atom stereocenters. The molecule has 0 aliphatic heterocycles. The van der Waals surface area contributed by atoms with E-state index in [4.69, 9.17) is 11.6 Å². The van der Waals surface area contributed by atoms with Crippen molar-refractivity contribution >= 4 is 27.5 Å². The lowest BCUT2D eigenvalue weighted by Gasteiger charge is -2.09. The van der Waals surface area contributed by atoms with E-state index >= 15 is 0 Å². The van der Waals surface area contributed by atoms with Crippen LogP contribution >= 0.6 is 11.6 Å². The Morgan fingerprint density at radius 3 is 2.61 bits per heavy atom. The van der Waals surface area contributed by atoms with E-state index in [-0.39, 0.29) is 11.3 Å². The molecule has 0 aliphatic rings. The molecule has 2 aromatic rings. The van der Waals surface area contributed by atoms with Crippen molar-refractivity contribution in [1.82, 2.24) is 9.71 Å². The summed E-state index contributed by atoms with van der Waals surface area (Å²) in [4.78, 5) is 16.6. The topological polar surface area (TPSA) is 76.1 Å². The van der Waals surface area contributed by atoms with Gasteiger partial charge in [-0.3, -0.25) is 9.78 Å². The Hall–Kier alpha value is -1.92. The number of benzene rings is 1. The van der Waals surface area contributed by atoms with Gasteiger partial charge in [-0.05, 0) is 43.7 Å². The predicted octanol–water partition coefficient (Wildman–Crippen LogP) is 3.04. The number of aryl methyl sites for hydroxylation is 1. The molecule has 0 saturated heterocycles. The molecule has 0 aliphatic carbocycles. The van der Waals surface area contributed by atoms with Crippen molar-refractivity contribution in [3.63, 3.8) is 0 Å². The molecule has 0 fully saturated rings. The molecule has 5 nitrogen and oxygen atoms in total. The number of sulfonamides is 1. The van der Waals surface area contributed by atoms with Crippen LogP contribution in [0.3, 0.4) is 0 Å². The van der Waals surface area contributed by atoms with E-state index in [0.29, 0.717) is 16.3 Å². The summed E-state index contributed by atoms with van der Waals surface area (Å²) in [5.41, 5.74) is 2.35. The SMILES string of the molecule is CCc1cccc(-c2cc(C(=O)NS(=O)(=O)CC)ccc2Cl)n1. The summed E-state index contributed by atoms with van der Waals surface area (Å²) in [6.45, 7) is 3.45. The van der Waals surface area contributed by atoms with Crippen LogP contribution in [0.2, 0.25) is 5.02 Å². The van der Waals surface area contributed by atoms with Gasteiger partial charge in [0.25, 0.3) is 5.91 Å². The van der Waals surface area contributed by atoms with Gasteiger partial charge in [0.2, 0.25) is 10.0 Å². The summed E-state index contributed by atoms with van der Waals surface area (Å²) in [5, 5.41) is 0.445. The number of nitrogens with one attached hydrogen (secondary N) is 1. The van der Waals surface area contributed by atoms with Gasteiger partial charge in [-0.1, -0.05) is 24.6 Å². The van der Waals surface area contributed by atoms with E-state index in [9.17, 15) is 13.2 Å². The first-order chi connectivity index (χ1) is 10.9. The van der Waals surface area contributed by atoms with Gasteiger partial charge in [0.15, 0.2) is 0 Å². The van der Waals surface area contributed by atoms with Gasteiger partial charge >= 0.3 is 0 Å². The predicted molar refractivity (Wildman–Crippen MR) is 91.0 cm³/mol. The van der Waals surface area contributed by atoms with E-state index in [1.807, 2.05) is 23.8 Å². The number of hydrogen-bond donors (Lipinski definition) is 1. The van der Waals surface area contributed by atoms with Crippen molar-refractivity contribution in [2.75, 3.05) is 5.75 Å². The molecule has 0 saturated carbocycles. The molecule has 23 heavy (non-hydrogen) atoms. The van der Waals surface area contributed by atoms with Crippen LogP contribution in [-0.4, -0.2) is 25.1 Å². The Kier molecular flexibility index (Phi) is 5.38. The molecule has 1 heterocycles. The fraction of sp³-hybridized carbons (Fsp3) is 0.250. The molecule has 0 radical (unpaired) electrons. The highest BCUT2D eigenvalue weighted by Crippen LogP contribution is 2.27. The van der Waals surface area contributed by atoms with Crippen molar-refractivity contribution in [2.24, 2.45) is 0 Å². The van der Waals surface area contributed by atoms with Crippen LogP contribution in [0.25, 0.3) is 11.3 Å². The lowest BCUT2D eigenvalue weighted by molar-refractivity contribution is 0.0981. The fourth-order valence-corrected chi connectivity index (χ4v) is 2.72. The summed E-state index contributed by atoms with van der Waals surface area (Å²) in [7, 11) is -3.61. The lowest BCUT2D eigenvalue weighted by atomic mass is 10.1. The fourth-order valence-electron chi connectivity index (χ4n) is 1.96. The summed E-state index contributed by atoms with van der Waals surface area (Å²) in [6.07, 6.45) is 0.778. The van der Waals surface area contributed by atoms with Crippen LogP contribution in [0.1, 0.15) is 29.9 Å². The third-order valence-corrected chi connectivity index (χ3v) is 4.89. The lowest BCUT2D eigenvalue weighted by Crippen LogP contribution is -2.31. The maximum absolute atomic E-state index is 12.1. The molecule has 0 bridgehead atoms. The summed E-state index contributed by atoms with van der Waals surface area (Å²) < 4.78 is 25.0. The van der Waals surface area contributed by atoms with Crippen LogP contribution in [0.5, 0.6) is 0 Å². The number of hydrogen-bond acceptors (Lipinski definition) is 4. The Balaban J connectivity index is 2.41. The quantitative estimate of drug-likeness (QED) is 0.897. The number of rotatable bonds is 5. The standard InChI is InChI=1S/C16H17ClN2O3S/c1-3-12-6-5-7-15(18-12)13-10-11(8-9-14(13)17)16(20)19-23(21,22)4-2/h5-10H,3-4H2,1-2H3,(H,19,20). The molecule has 1 aromatic carbocycles. The number of carbonyl (C=O) groups excluding carboxylic acids is 1. The number of aromatic nitrogens is 1. The second-order valence-corrected chi connectivity index (χ2v) is 7.32. The second kappa shape index (κ2) is 7.10. The minimum Gasteiger partial charge on any atom is -0.268 e. The summed E-state index contributed by atoms with van der Waals surface area (Å²) in [6, 6.07) is 10.2. The highest BCUT2D eigenvalue weighted by molar-refractivity contribution is 7.90. The van der Waals surface area contributed by atoms with Gasteiger partial charge in [0.1, 0.15) is 0 Å². The molecule has 2 rings (SSSR count). The van der Waals surface area contributed by atoms with Gasteiger partial charge in [-0.15, -0.1) is 0 Å². The van der Waals surface area contributed by atoms with E-state index < -0.39 is 15.9 Å². The van der Waals surface area contributed by atoms with Crippen molar-refractivity contribution in [3.05, 3.63) is 52.7 Å². The first-order valence-corrected chi connectivity index (χ1v) is 9.20.